The molecule has 0 saturated carbocycles. The number of amides is 1. The molecule has 5 nitrogen and oxygen atoms in total. The van der Waals surface area contributed by atoms with Crippen LogP contribution >= 0.6 is 0 Å². The minimum atomic E-state index is -0.0685. The van der Waals surface area contributed by atoms with Gasteiger partial charge >= 0.3 is 0 Å². The number of rotatable bonds is 9. The number of quaternary nitrogens is 1. The van der Waals surface area contributed by atoms with Gasteiger partial charge in [0.05, 0.1) is 30.9 Å². The lowest BCUT2D eigenvalue weighted by molar-refractivity contribution is -0.910. The molecule has 2 aromatic carbocycles. The number of carbonyl (C=O) groups is 1. The van der Waals surface area contributed by atoms with E-state index in [4.69, 9.17) is 0 Å². The van der Waals surface area contributed by atoms with E-state index in [1.807, 2.05) is 36.7 Å². The van der Waals surface area contributed by atoms with Crippen LogP contribution in [-0.2, 0) is 19.6 Å². The molecule has 0 bridgehead atoms. The molecule has 1 amide bonds. The summed E-state index contributed by atoms with van der Waals surface area (Å²) in [5, 5.41) is 7.65. The van der Waals surface area contributed by atoms with Crippen molar-refractivity contribution >= 4 is 5.91 Å². The molecule has 0 atom stereocenters. The average Bonchev–Trinajstić information content (AvgIpc) is 3.04. The van der Waals surface area contributed by atoms with Crippen molar-refractivity contribution in [1.82, 2.24) is 15.1 Å². The molecule has 0 unspecified atom stereocenters. The highest BCUT2D eigenvalue weighted by molar-refractivity contribution is 5.96. The van der Waals surface area contributed by atoms with Crippen LogP contribution in [0.5, 0.6) is 0 Å². The number of hydrogen-bond donors (Lipinski definition) is 2. The van der Waals surface area contributed by atoms with Crippen LogP contribution in [0.3, 0.4) is 0 Å². The van der Waals surface area contributed by atoms with Gasteiger partial charge in [-0.2, -0.15) is 5.10 Å². The average molecular weight is 406 g/mol. The van der Waals surface area contributed by atoms with Gasteiger partial charge in [-0.3, -0.25) is 9.48 Å². The summed E-state index contributed by atoms with van der Waals surface area (Å²) in [6.45, 7) is 12.8. The van der Waals surface area contributed by atoms with Crippen molar-refractivity contribution in [3.05, 3.63) is 88.2 Å². The predicted molar refractivity (Wildman–Crippen MR) is 121 cm³/mol. The molecule has 0 fully saturated rings. The topological polar surface area (TPSA) is 51.4 Å². The van der Waals surface area contributed by atoms with E-state index < -0.39 is 0 Å². The first-order chi connectivity index (χ1) is 14.5. The third-order valence-corrected chi connectivity index (χ3v) is 5.71. The molecule has 0 spiro atoms. The minimum Gasteiger partial charge on any atom is -0.348 e. The summed E-state index contributed by atoms with van der Waals surface area (Å²) in [5.41, 5.74) is 5.94. The molecule has 5 heteroatoms. The third kappa shape index (κ3) is 5.36. The van der Waals surface area contributed by atoms with Crippen molar-refractivity contribution in [2.45, 2.75) is 47.3 Å². The molecule has 3 rings (SSSR count). The van der Waals surface area contributed by atoms with Gasteiger partial charge in [-0.25, -0.2) is 0 Å². The number of nitrogens with zero attached hydrogens (tertiary/aromatic N) is 2. The molecule has 0 saturated heterocycles. The monoisotopic (exact) mass is 405 g/mol. The van der Waals surface area contributed by atoms with Crippen LogP contribution in [0.25, 0.3) is 0 Å². The number of aryl methyl sites for hydroxylation is 1. The molecule has 30 heavy (non-hydrogen) atoms. The third-order valence-electron chi connectivity index (χ3n) is 5.71. The molecule has 0 aliphatic rings. The van der Waals surface area contributed by atoms with Crippen LogP contribution in [0.15, 0.2) is 54.6 Å². The Bertz CT molecular complexity index is 957. The first kappa shape index (κ1) is 21.8. The van der Waals surface area contributed by atoms with Crippen molar-refractivity contribution in [2.75, 3.05) is 13.1 Å². The zero-order valence-electron chi connectivity index (χ0n) is 18.5. The Morgan fingerprint density at radius 2 is 1.57 bits per heavy atom. The van der Waals surface area contributed by atoms with Gasteiger partial charge in [-0.05, 0) is 38.8 Å². The van der Waals surface area contributed by atoms with Gasteiger partial charge in [-0.15, -0.1) is 0 Å². The largest absolute Gasteiger partial charge is 0.348 e. The Morgan fingerprint density at radius 3 is 2.20 bits per heavy atom. The van der Waals surface area contributed by atoms with Gasteiger partial charge in [0.2, 0.25) is 0 Å². The summed E-state index contributed by atoms with van der Waals surface area (Å²) in [7, 11) is 0. The highest BCUT2D eigenvalue weighted by Crippen LogP contribution is 2.15. The summed E-state index contributed by atoms with van der Waals surface area (Å²) in [6.07, 6.45) is 0. The highest BCUT2D eigenvalue weighted by atomic mass is 16.1. The van der Waals surface area contributed by atoms with Crippen LogP contribution in [0.1, 0.15) is 52.3 Å². The minimum absolute atomic E-state index is 0.0685. The molecule has 158 valence electrons. The van der Waals surface area contributed by atoms with Crippen molar-refractivity contribution in [2.24, 2.45) is 0 Å². The van der Waals surface area contributed by atoms with Crippen LogP contribution in [0.2, 0.25) is 0 Å². The number of hydrogen-bond acceptors (Lipinski definition) is 2. The molecular formula is C25H33N4O+. The van der Waals surface area contributed by atoms with Gasteiger partial charge in [-0.1, -0.05) is 54.6 Å². The zero-order chi connectivity index (χ0) is 21.5. The smallest absolute Gasteiger partial charge is 0.255 e. The Balaban J connectivity index is 1.62. The normalized spacial score (nSPS) is 11.1. The second-order valence-corrected chi connectivity index (χ2v) is 7.82. The van der Waals surface area contributed by atoms with E-state index in [1.54, 1.807) is 4.90 Å². The van der Waals surface area contributed by atoms with E-state index in [-0.39, 0.29) is 5.91 Å². The maximum absolute atomic E-state index is 12.8. The van der Waals surface area contributed by atoms with Gasteiger partial charge in [0.25, 0.3) is 5.91 Å². The molecule has 3 aromatic rings. The molecule has 0 radical (unpaired) electrons. The standard InChI is InChI=1S/C25H32N4O/c1-5-28(6-2)17-23-14-12-21(13-15-23)16-26-25(30)24-19(3)27-29(20(24)4)18-22-10-8-7-9-11-22/h7-15H,5-6,16-18H2,1-4H3,(H,26,30)/p+1. The van der Waals surface area contributed by atoms with Gasteiger partial charge in [0.1, 0.15) is 6.54 Å². The fraction of sp³-hybridized carbons (Fsp3) is 0.360. The van der Waals surface area contributed by atoms with Gasteiger partial charge in [0.15, 0.2) is 0 Å². The van der Waals surface area contributed by atoms with E-state index in [9.17, 15) is 4.79 Å². The number of carbonyl (C=O) groups excluding carboxylic acids is 1. The second kappa shape index (κ2) is 10.2. The van der Waals surface area contributed by atoms with E-state index in [0.717, 1.165) is 36.6 Å². The maximum Gasteiger partial charge on any atom is 0.255 e. The van der Waals surface area contributed by atoms with E-state index in [0.29, 0.717) is 18.7 Å². The van der Waals surface area contributed by atoms with Crippen LogP contribution in [0.4, 0.5) is 0 Å². The number of aromatic nitrogens is 2. The van der Waals surface area contributed by atoms with Gasteiger partial charge in [0, 0.05) is 17.8 Å². The van der Waals surface area contributed by atoms with Crippen molar-refractivity contribution in [3.8, 4) is 0 Å². The molecular weight excluding hydrogens is 372 g/mol. The number of benzene rings is 2. The van der Waals surface area contributed by atoms with Crippen LogP contribution in [-0.4, -0.2) is 28.8 Å². The molecule has 0 aliphatic carbocycles. The SMILES string of the molecule is CC[NH+](CC)Cc1ccc(CNC(=O)c2c(C)nn(Cc3ccccc3)c2C)cc1. The summed E-state index contributed by atoms with van der Waals surface area (Å²) in [4.78, 5) is 14.4. The summed E-state index contributed by atoms with van der Waals surface area (Å²) < 4.78 is 1.91. The Kier molecular flexibility index (Phi) is 7.41. The van der Waals surface area contributed by atoms with Crippen molar-refractivity contribution < 1.29 is 9.69 Å². The first-order valence-corrected chi connectivity index (χ1v) is 10.8. The first-order valence-electron chi connectivity index (χ1n) is 10.8. The zero-order valence-corrected chi connectivity index (χ0v) is 18.5. The quantitative estimate of drug-likeness (QED) is 0.575. The Labute approximate surface area is 179 Å². The van der Waals surface area contributed by atoms with E-state index in [2.05, 4.69) is 60.7 Å². The van der Waals surface area contributed by atoms with Crippen molar-refractivity contribution in [1.29, 1.82) is 0 Å². The number of nitrogens with one attached hydrogen (secondary N) is 2. The van der Waals surface area contributed by atoms with Gasteiger partial charge < -0.3 is 10.2 Å². The molecule has 2 N–H and O–H groups in total. The predicted octanol–water partition coefficient (Wildman–Crippen LogP) is 2.90. The van der Waals surface area contributed by atoms with E-state index >= 15 is 0 Å². The molecule has 1 heterocycles. The second-order valence-electron chi connectivity index (χ2n) is 7.82. The molecule has 0 aliphatic heterocycles. The summed E-state index contributed by atoms with van der Waals surface area (Å²) in [5.74, 6) is -0.0685. The van der Waals surface area contributed by atoms with Crippen molar-refractivity contribution in [3.63, 3.8) is 0 Å². The fourth-order valence-corrected chi connectivity index (χ4v) is 3.77. The molecule has 1 aromatic heterocycles. The van der Waals surface area contributed by atoms with Crippen LogP contribution in [0, 0.1) is 13.8 Å². The van der Waals surface area contributed by atoms with Crippen LogP contribution < -0.4 is 10.2 Å². The Hall–Kier alpha value is -2.92. The lowest BCUT2D eigenvalue weighted by Crippen LogP contribution is -3.10. The summed E-state index contributed by atoms with van der Waals surface area (Å²) >= 11 is 0. The Morgan fingerprint density at radius 1 is 0.933 bits per heavy atom. The van der Waals surface area contributed by atoms with E-state index in [1.165, 1.54) is 11.1 Å². The highest BCUT2D eigenvalue weighted by Gasteiger charge is 2.18. The summed E-state index contributed by atoms with van der Waals surface area (Å²) in [6, 6.07) is 18.7. The fourth-order valence-electron chi connectivity index (χ4n) is 3.77. The lowest BCUT2D eigenvalue weighted by Gasteiger charge is -2.15. The maximum atomic E-state index is 12.8. The lowest BCUT2D eigenvalue weighted by atomic mass is 10.1.